The number of benzene rings is 2. The van der Waals surface area contributed by atoms with Crippen LogP contribution < -0.4 is 4.90 Å². The van der Waals surface area contributed by atoms with Crippen LogP contribution in [-0.4, -0.2) is 50.5 Å². The molecule has 1 aromatic heterocycles. The van der Waals surface area contributed by atoms with Gasteiger partial charge in [0, 0.05) is 47.3 Å². The minimum Gasteiger partial charge on any atom is -0.367 e. The van der Waals surface area contributed by atoms with Gasteiger partial charge in [0.25, 0.3) is 10.0 Å². The summed E-state index contributed by atoms with van der Waals surface area (Å²) in [5, 5.41) is 1.40. The molecule has 3 aromatic rings. The topological polar surface area (TPSA) is 45.5 Å². The van der Waals surface area contributed by atoms with Gasteiger partial charge >= 0.3 is 0 Å². The Labute approximate surface area is 172 Å². The number of nitrogens with zero attached hydrogens (tertiary/aromatic N) is 3. The summed E-state index contributed by atoms with van der Waals surface area (Å²) in [5.41, 5.74) is 1.51. The Kier molecular flexibility index (Phi) is 4.96. The third-order valence-electron chi connectivity index (χ3n) is 4.93. The van der Waals surface area contributed by atoms with Crippen molar-refractivity contribution in [1.82, 2.24) is 8.87 Å². The summed E-state index contributed by atoms with van der Waals surface area (Å²) in [6, 6.07) is 12.3. The molecule has 0 saturated carbocycles. The number of aromatic nitrogens is 1. The van der Waals surface area contributed by atoms with Gasteiger partial charge in [-0.25, -0.2) is 12.4 Å². The zero-order valence-electron chi connectivity index (χ0n) is 14.8. The monoisotopic (exact) mass is 467 g/mol. The Balaban J connectivity index is 1.91. The molecule has 4 rings (SSSR count). The molecular weight excluding hydrogens is 450 g/mol. The van der Waals surface area contributed by atoms with Crippen molar-refractivity contribution in [2.75, 3.05) is 38.1 Å². The van der Waals surface area contributed by atoms with Crippen LogP contribution in [-0.2, 0) is 10.0 Å². The lowest BCUT2D eigenvalue weighted by Crippen LogP contribution is -2.44. The smallest absolute Gasteiger partial charge is 0.269 e. The van der Waals surface area contributed by atoms with Gasteiger partial charge in [0.1, 0.15) is 4.90 Å². The van der Waals surface area contributed by atoms with Crippen LogP contribution in [0.5, 0.6) is 0 Å². The molecule has 0 unspecified atom stereocenters. The number of anilines is 1. The third kappa shape index (κ3) is 3.38. The van der Waals surface area contributed by atoms with Crippen LogP contribution in [0.2, 0.25) is 5.02 Å². The van der Waals surface area contributed by atoms with Crippen molar-refractivity contribution >= 4 is 54.1 Å². The maximum atomic E-state index is 13.4. The highest BCUT2D eigenvalue weighted by Crippen LogP contribution is 2.35. The van der Waals surface area contributed by atoms with Gasteiger partial charge in [-0.05, 0) is 53.3 Å². The molecule has 0 aliphatic carbocycles. The summed E-state index contributed by atoms with van der Waals surface area (Å²) >= 11 is 9.56. The fourth-order valence-electron chi connectivity index (χ4n) is 3.41. The van der Waals surface area contributed by atoms with Crippen molar-refractivity contribution < 1.29 is 8.42 Å². The molecule has 8 heteroatoms. The van der Waals surface area contributed by atoms with E-state index in [9.17, 15) is 8.42 Å². The van der Waals surface area contributed by atoms with E-state index in [0.29, 0.717) is 15.0 Å². The van der Waals surface area contributed by atoms with Crippen LogP contribution in [0.4, 0.5) is 5.69 Å². The van der Waals surface area contributed by atoms with Gasteiger partial charge in [-0.1, -0.05) is 23.7 Å². The molecule has 0 spiro atoms. The molecule has 2 aromatic carbocycles. The predicted molar refractivity (Wildman–Crippen MR) is 113 cm³/mol. The zero-order valence-corrected chi connectivity index (χ0v) is 17.9. The number of halogens is 2. The number of hydrogen-bond donors (Lipinski definition) is 0. The summed E-state index contributed by atoms with van der Waals surface area (Å²) < 4.78 is 28.7. The summed E-state index contributed by atoms with van der Waals surface area (Å²) in [6.45, 7) is 3.59. The van der Waals surface area contributed by atoms with E-state index < -0.39 is 10.0 Å². The Morgan fingerprint density at radius 1 is 1.04 bits per heavy atom. The van der Waals surface area contributed by atoms with Crippen LogP contribution >= 0.6 is 27.5 Å². The van der Waals surface area contributed by atoms with E-state index in [4.69, 9.17) is 11.6 Å². The summed E-state index contributed by atoms with van der Waals surface area (Å²) in [4.78, 5) is 4.74. The summed E-state index contributed by atoms with van der Waals surface area (Å²) in [7, 11) is -1.67. The second kappa shape index (κ2) is 7.13. The third-order valence-corrected chi connectivity index (χ3v) is 7.85. The lowest BCUT2D eigenvalue weighted by molar-refractivity contribution is 0.313. The fraction of sp³-hybridized carbons (Fsp3) is 0.263. The van der Waals surface area contributed by atoms with Gasteiger partial charge in [0.2, 0.25) is 0 Å². The molecule has 1 saturated heterocycles. The molecule has 1 fully saturated rings. The second-order valence-corrected chi connectivity index (χ2v) is 9.77. The Morgan fingerprint density at radius 2 is 1.74 bits per heavy atom. The zero-order chi connectivity index (χ0) is 19.2. The molecule has 0 N–H and O–H groups in total. The van der Waals surface area contributed by atoms with Crippen LogP contribution in [0.15, 0.2) is 58.0 Å². The van der Waals surface area contributed by atoms with Crippen LogP contribution in [0, 0.1) is 0 Å². The average Bonchev–Trinajstić information content (AvgIpc) is 3.02. The highest BCUT2D eigenvalue weighted by Gasteiger charge is 2.26. The first-order valence-electron chi connectivity index (χ1n) is 8.62. The van der Waals surface area contributed by atoms with E-state index in [1.54, 1.807) is 42.6 Å². The number of likely N-dealkylation sites (N-methyl/N-ethyl adjacent to an activating group) is 1. The molecule has 0 radical (unpaired) electrons. The standard InChI is InChI=1S/C19H19BrClN3O2S/c1-22-8-10-23(11-9-22)18-13-24(17-12-14(21)6-7-15(17)18)27(25,26)19-5-3-2-4-16(19)20/h2-7,12-13H,8-11H2,1H3. The lowest BCUT2D eigenvalue weighted by Gasteiger charge is -2.33. The molecule has 1 aliphatic heterocycles. The van der Waals surface area contributed by atoms with Gasteiger partial charge in [-0.2, -0.15) is 0 Å². The van der Waals surface area contributed by atoms with E-state index >= 15 is 0 Å². The summed E-state index contributed by atoms with van der Waals surface area (Å²) in [5.74, 6) is 0. The first-order valence-corrected chi connectivity index (χ1v) is 11.2. The minimum atomic E-state index is -3.77. The number of fused-ring (bicyclic) bond motifs is 1. The molecule has 0 bridgehead atoms. The summed E-state index contributed by atoms with van der Waals surface area (Å²) in [6.07, 6.45) is 1.72. The SMILES string of the molecule is CN1CCN(c2cn(S(=O)(=O)c3ccccc3Br)c3cc(Cl)ccc23)CC1. The van der Waals surface area contributed by atoms with Crippen molar-refractivity contribution in [3.63, 3.8) is 0 Å². The van der Waals surface area contributed by atoms with Crippen LogP contribution in [0.3, 0.4) is 0 Å². The molecule has 5 nitrogen and oxygen atoms in total. The molecule has 0 amide bonds. The Morgan fingerprint density at radius 3 is 2.44 bits per heavy atom. The van der Waals surface area contributed by atoms with E-state index in [1.807, 2.05) is 6.07 Å². The van der Waals surface area contributed by atoms with Gasteiger partial charge in [0.05, 0.1) is 11.2 Å². The quantitative estimate of drug-likeness (QED) is 0.582. The molecule has 2 heterocycles. The first-order chi connectivity index (χ1) is 12.9. The van der Waals surface area contributed by atoms with Crippen molar-refractivity contribution in [2.24, 2.45) is 0 Å². The molecule has 0 atom stereocenters. The Hall–Kier alpha value is -1.54. The lowest BCUT2D eigenvalue weighted by atomic mass is 10.2. The van der Waals surface area contributed by atoms with Crippen molar-refractivity contribution in [3.05, 3.63) is 58.2 Å². The molecule has 27 heavy (non-hydrogen) atoms. The predicted octanol–water partition coefficient (Wildman–Crippen LogP) is 4.05. The molecule has 1 aliphatic rings. The second-order valence-electron chi connectivity index (χ2n) is 6.70. The van der Waals surface area contributed by atoms with E-state index in [0.717, 1.165) is 37.3 Å². The van der Waals surface area contributed by atoms with Gasteiger partial charge in [-0.3, -0.25) is 0 Å². The van der Waals surface area contributed by atoms with Crippen molar-refractivity contribution in [1.29, 1.82) is 0 Å². The minimum absolute atomic E-state index is 0.229. The average molecular weight is 469 g/mol. The number of rotatable bonds is 3. The van der Waals surface area contributed by atoms with Crippen LogP contribution in [0.25, 0.3) is 10.9 Å². The highest BCUT2D eigenvalue weighted by molar-refractivity contribution is 9.10. The van der Waals surface area contributed by atoms with E-state index in [1.165, 1.54) is 3.97 Å². The van der Waals surface area contributed by atoms with E-state index in [2.05, 4.69) is 32.8 Å². The van der Waals surface area contributed by atoms with Crippen molar-refractivity contribution in [3.8, 4) is 0 Å². The maximum absolute atomic E-state index is 13.4. The fourth-order valence-corrected chi connectivity index (χ4v) is 5.90. The maximum Gasteiger partial charge on any atom is 0.269 e. The number of piperazine rings is 1. The molecular formula is C19H19BrClN3O2S. The molecule has 142 valence electrons. The number of hydrogen-bond acceptors (Lipinski definition) is 4. The Bertz CT molecular complexity index is 1110. The van der Waals surface area contributed by atoms with E-state index in [-0.39, 0.29) is 4.90 Å². The van der Waals surface area contributed by atoms with Crippen LogP contribution in [0.1, 0.15) is 0 Å². The first kappa shape index (κ1) is 18.8. The van der Waals surface area contributed by atoms with Gasteiger partial charge in [0.15, 0.2) is 0 Å². The van der Waals surface area contributed by atoms with Gasteiger partial charge in [-0.15, -0.1) is 0 Å². The largest absolute Gasteiger partial charge is 0.367 e. The van der Waals surface area contributed by atoms with Gasteiger partial charge < -0.3 is 9.80 Å². The highest BCUT2D eigenvalue weighted by atomic mass is 79.9. The van der Waals surface area contributed by atoms with Crippen molar-refractivity contribution in [2.45, 2.75) is 4.90 Å². The normalized spacial score (nSPS) is 16.2.